The fraction of sp³-hybridized carbons (Fsp3) is 0.353. The van der Waals surface area contributed by atoms with Crippen molar-refractivity contribution in [3.63, 3.8) is 0 Å². The van der Waals surface area contributed by atoms with Gasteiger partial charge in [0, 0.05) is 38.1 Å². The van der Waals surface area contributed by atoms with Gasteiger partial charge in [-0.2, -0.15) is 0 Å². The van der Waals surface area contributed by atoms with Crippen molar-refractivity contribution in [2.24, 2.45) is 0 Å². The zero-order chi connectivity index (χ0) is 14.7. The molecule has 1 fully saturated rings. The maximum atomic E-state index is 5.21. The molecule has 21 heavy (non-hydrogen) atoms. The summed E-state index contributed by atoms with van der Waals surface area (Å²) in [5.41, 5.74) is 2.46. The first-order chi connectivity index (χ1) is 10.3. The quantitative estimate of drug-likeness (QED) is 0.866. The summed E-state index contributed by atoms with van der Waals surface area (Å²) in [6.45, 7) is 6.10. The van der Waals surface area contributed by atoms with Gasteiger partial charge in [-0.15, -0.1) is 0 Å². The minimum absolute atomic E-state index is 0.904. The van der Waals surface area contributed by atoms with Crippen LogP contribution in [0.2, 0.25) is 0 Å². The van der Waals surface area contributed by atoms with Crippen molar-refractivity contribution in [2.75, 3.05) is 43.1 Å². The maximum absolute atomic E-state index is 5.21. The third-order valence-electron chi connectivity index (χ3n) is 3.94. The van der Waals surface area contributed by atoms with Gasteiger partial charge in [-0.3, -0.25) is 0 Å². The highest BCUT2D eigenvalue weighted by Gasteiger charge is 2.18. The van der Waals surface area contributed by atoms with Crippen LogP contribution in [0.4, 0.5) is 11.5 Å². The Morgan fingerprint density at radius 3 is 2.14 bits per heavy atom. The van der Waals surface area contributed by atoms with E-state index < -0.39 is 0 Å². The second-order valence-corrected chi connectivity index (χ2v) is 5.37. The zero-order valence-corrected chi connectivity index (χ0v) is 12.6. The van der Waals surface area contributed by atoms with Crippen molar-refractivity contribution in [2.45, 2.75) is 6.92 Å². The normalized spacial score (nSPS) is 15.1. The molecule has 4 heteroatoms. The topological polar surface area (TPSA) is 28.6 Å². The summed E-state index contributed by atoms with van der Waals surface area (Å²) in [6, 6.07) is 12.5. The van der Waals surface area contributed by atoms with E-state index in [9.17, 15) is 0 Å². The molecule has 0 unspecified atom stereocenters. The van der Waals surface area contributed by atoms with E-state index in [2.05, 4.69) is 46.0 Å². The van der Waals surface area contributed by atoms with Gasteiger partial charge in [-0.1, -0.05) is 6.07 Å². The minimum atomic E-state index is 0.904. The molecule has 1 aromatic heterocycles. The van der Waals surface area contributed by atoms with Gasteiger partial charge in [-0.25, -0.2) is 4.98 Å². The van der Waals surface area contributed by atoms with Crippen molar-refractivity contribution in [3.8, 4) is 5.75 Å². The summed E-state index contributed by atoms with van der Waals surface area (Å²) in [7, 11) is 1.70. The van der Waals surface area contributed by atoms with Crippen LogP contribution in [0.1, 0.15) is 5.56 Å². The summed E-state index contributed by atoms with van der Waals surface area (Å²) in [5.74, 6) is 1.98. The Bertz CT molecular complexity index is 572. The molecule has 0 saturated carbocycles. The molecule has 0 spiro atoms. The third kappa shape index (κ3) is 3.10. The standard InChI is InChI=1S/C17H21N3O/c1-14-3-8-17(18-13-14)20-11-9-19(10-12-20)15-4-6-16(21-2)7-5-15/h3-8,13H,9-12H2,1-2H3. The molecule has 110 valence electrons. The molecule has 0 atom stereocenters. The molecule has 1 aliphatic heterocycles. The second-order valence-electron chi connectivity index (χ2n) is 5.37. The summed E-state index contributed by atoms with van der Waals surface area (Å²) in [5, 5.41) is 0. The van der Waals surface area contributed by atoms with Crippen molar-refractivity contribution >= 4 is 11.5 Å². The van der Waals surface area contributed by atoms with Crippen molar-refractivity contribution in [1.82, 2.24) is 4.98 Å². The van der Waals surface area contributed by atoms with Crippen LogP contribution in [0.5, 0.6) is 5.75 Å². The summed E-state index contributed by atoms with van der Waals surface area (Å²) in [6.07, 6.45) is 1.94. The van der Waals surface area contributed by atoms with Gasteiger partial charge < -0.3 is 14.5 Å². The molecule has 0 N–H and O–H groups in total. The maximum Gasteiger partial charge on any atom is 0.128 e. The van der Waals surface area contributed by atoms with Gasteiger partial charge in [0.05, 0.1) is 7.11 Å². The van der Waals surface area contributed by atoms with E-state index in [4.69, 9.17) is 4.74 Å². The highest BCUT2D eigenvalue weighted by atomic mass is 16.5. The average Bonchev–Trinajstić information content (AvgIpc) is 2.56. The lowest BCUT2D eigenvalue weighted by molar-refractivity contribution is 0.415. The monoisotopic (exact) mass is 283 g/mol. The third-order valence-corrected chi connectivity index (χ3v) is 3.94. The Morgan fingerprint density at radius 1 is 0.905 bits per heavy atom. The van der Waals surface area contributed by atoms with Gasteiger partial charge in [0.25, 0.3) is 0 Å². The Hall–Kier alpha value is -2.23. The highest BCUT2D eigenvalue weighted by Crippen LogP contribution is 2.22. The number of aromatic nitrogens is 1. The number of benzene rings is 1. The number of hydrogen-bond donors (Lipinski definition) is 0. The van der Waals surface area contributed by atoms with Crippen molar-refractivity contribution < 1.29 is 4.74 Å². The van der Waals surface area contributed by atoms with E-state index >= 15 is 0 Å². The molecule has 0 radical (unpaired) electrons. The predicted octanol–water partition coefficient (Wildman–Crippen LogP) is 2.73. The number of methoxy groups -OCH3 is 1. The van der Waals surface area contributed by atoms with Crippen LogP contribution in [0.3, 0.4) is 0 Å². The fourth-order valence-electron chi connectivity index (χ4n) is 2.63. The van der Waals surface area contributed by atoms with E-state index in [-0.39, 0.29) is 0 Å². The molecule has 4 nitrogen and oxygen atoms in total. The van der Waals surface area contributed by atoms with Crippen LogP contribution in [-0.4, -0.2) is 38.3 Å². The van der Waals surface area contributed by atoms with Gasteiger partial charge in [-0.05, 0) is 42.8 Å². The van der Waals surface area contributed by atoms with Gasteiger partial charge in [0.15, 0.2) is 0 Å². The Labute approximate surface area is 126 Å². The first kappa shape index (κ1) is 13.7. The Kier molecular flexibility index (Phi) is 3.95. The molecule has 0 bridgehead atoms. The smallest absolute Gasteiger partial charge is 0.128 e. The number of anilines is 2. The lowest BCUT2D eigenvalue weighted by Crippen LogP contribution is -2.46. The summed E-state index contributed by atoms with van der Waals surface area (Å²) in [4.78, 5) is 9.27. The molecule has 1 saturated heterocycles. The highest BCUT2D eigenvalue weighted by molar-refractivity contribution is 5.51. The Morgan fingerprint density at radius 2 is 1.57 bits per heavy atom. The fourth-order valence-corrected chi connectivity index (χ4v) is 2.63. The lowest BCUT2D eigenvalue weighted by atomic mass is 10.2. The number of pyridine rings is 1. The molecule has 1 aromatic carbocycles. The first-order valence-electron chi connectivity index (χ1n) is 7.33. The van der Waals surface area contributed by atoms with E-state index in [0.717, 1.165) is 37.7 Å². The van der Waals surface area contributed by atoms with E-state index in [0.29, 0.717) is 0 Å². The van der Waals surface area contributed by atoms with Crippen LogP contribution < -0.4 is 14.5 Å². The predicted molar refractivity (Wildman–Crippen MR) is 86.4 cm³/mol. The number of nitrogens with zero attached hydrogens (tertiary/aromatic N) is 3. The molecule has 0 aliphatic carbocycles. The molecule has 2 aromatic rings. The number of aryl methyl sites for hydroxylation is 1. The largest absolute Gasteiger partial charge is 0.497 e. The van der Waals surface area contributed by atoms with E-state index in [1.165, 1.54) is 11.3 Å². The van der Waals surface area contributed by atoms with Crippen LogP contribution >= 0.6 is 0 Å². The van der Waals surface area contributed by atoms with E-state index in [1.807, 2.05) is 18.3 Å². The van der Waals surface area contributed by atoms with Crippen molar-refractivity contribution in [1.29, 1.82) is 0 Å². The summed E-state index contributed by atoms with van der Waals surface area (Å²) < 4.78 is 5.21. The van der Waals surface area contributed by atoms with Crippen molar-refractivity contribution in [3.05, 3.63) is 48.2 Å². The first-order valence-corrected chi connectivity index (χ1v) is 7.33. The molecule has 2 heterocycles. The van der Waals surface area contributed by atoms with Crippen LogP contribution in [0.15, 0.2) is 42.6 Å². The van der Waals surface area contributed by atoms with Crippen LogP contribution in [0, 0.1) is 6.92 Å². The average molecular weight is 283 g/mol. The second kappa shape index (κ2) is 6.04. The number of piperazine rings is 1. The number of ether oxygens (including phenoxy) is 1. The molecule has 1 aliphatic rings. The molecule has 3 rings (SSSR count). The minimum Gasteiger partial charge on any atom is -0.497 e. The van der Waals surface area contributed by atoms with Crippen LogP contribution in [-0.2, 0) is 0 Å². The van der Waals surface area contributed by atoms with Crippen LogP contribution in [0.25, 0.3) is 0 Å². The lowest BCUT2D eigenvalue weighted by Gasteiger charge is -2.36. The zero-order valence-electron chi connectivity index (χ0n) is 12.6. The molecular weight excluding hydrogens is 262 g/mol. The SMILES string of the molecule is COc1ccc(N2CCN(c3ccc(C)cn3)CC2)cc1. The van der Waals surface area contributed by atoms with Gasteiger partial charge >= 0.3 is 0 Å². The molecular formula is C17H21N3O. The number of rotatable bonds is 3. The molecule has 0 amide bonds. The van der Waals surface area contributed by atoms with Gasteiger partial charge in [0.2, 0.25) is 0 Å². The summed E-state index contributed by atoms with van der Waals surface area (Å²) >= 11 is 0. The number of hydrogen-bond acceptors (Lipinski definition) is 4. The van der Waals surface area contributed by atoms with E-state index in [1.54, 1.807) is 7.11 Å². The Balaban J connectivity index is 1.62. The van der Waals surface area contributed by atoms with Gasteiger partial charge in [0.1, 0.15) is 11.6 Å².